The molecule has 0 saturated heterocycles. The van der Waals surface area contributed by atoms with Gasteiger partial charge in [0.25, 0.3) is 0 Å². The lowest BCUT2D eigenvalue weighted by molar-refractivity contribution is -0.870. The summed E-state index contributed by atoms with van der Waals surface area (Å²) in [5.74, 6) is -0.532. The van der Waals surface area contributed by atoms with Gasteiger partial charge in [0.2, 0.25) is 5.91 Å². The number of carbonyl (C=O) groups is 2. The average Bonchev–Trinajstić information content (AvgIpc) is 3.39. The first kappa shape index (κ1) is 74.2. The van der Waals surface area contributed by atoms with Crippen LogP contribution in [-0.4, -0.2) is 74.3 Å². The van der Waals surface area contributed by atoms with E-state index >= 15 is 0 Å². The summed E-state index contributed by atoms with van der Waals surface area (Å²) in [6.45, 7) is 6.86. The summed E-state index contributed by atoms with van der Waals surface area (Å²) in [7, 11) is 1.48. The van der Waals surface area contributed by atoms with E-state index in [9.17, 15) is 19.0 Å². The number of unbranched alkanes of at least 4 members (excludes halogenated alkanes) is 29. The van der Waals surface area contributed by atoms with Crippen molar-refractivity contribution >= 4 is 19.7 Å². The van der Waals surface area contributed by atoms with Gasteiger partial charge in [0, 0.05) is 12.8 Å². The van der Waals surface area contributed by atoms with Crippen molar-refractivity contribution in [2.24, 2.45) is 0 Å². The van der Waals surface area contributed by atoms with Crippen LogP contribution >= 0.6 is 7.82 Å². The molecule has 0 fully saturated rings. The molecule has 446 valence electrons. The smallest absolute Gasteiger partial charge is 0.456 e. The number of phosphoric acid groups is 1. The predicted molar refractivity (Wildman–Crippen MR) is 332 cm³/mol. The third-order valence-corrected chi connectivity index (χ3v) is 14.8. The van der Waals surface area contributed by atoms with E-state index in [1.54, 1.807) is 0 Å². The molecule has 0 aliphatic rings. The molecule has 2 N–H and O–H groups in total. The molecular formula is C67H122N2O7P+. The molecule has 0 aliphatic carbocycles. The Hall–Kier alpha value is -2.81. The Morgan fingerprint density at radius 1 is 0.468 bits per heavy atom. The highest BCUT2D eigenvalue weighted by Crippen LogP contribution is 2.43. The van der Waals surface area contributed by atoms with E-state index in [1.165, 1.54) is 141 Å². The van der Waals surface area contributed by atoms with Crippen molar-refractivity contribution in [3.05, 3.63) is 85.1 Å². The van der Waals surface area contributed by atoms with Crippen LogP contribution in [0.4, 0.5) is 0 Å². The van der Waals surface area contributed by atoms with Crippen molar-refractivity contribution < 1.29 is 37.3 Å². The topological polar surface area (TPSA) is 111 Å². The van der Waals surface area contributed by atoms with E-state index in [0.29, 0.717) is 23.9 Å². The first-order valence-electron chi connectivity index (χ1n) is 31.9. The van der Waals surface area contributed by atoms with Gasteiger partial charge in [-0.05, 0) is 102 Å². The summed E-state index contributed by atoms with van der Waals surface area (Å²) in [6.07, 6.45) is 74.4. The fourth-order valence-corrected chi connectivity index (χ4v) is 9.64. The van der Waals surface area contributed by atoms with E-state index in [1.807, 2.05) is 33.3 Å². The van der Waals surface area contributed by atoms with Crippen molar-refractivity contribution in [1.29, 1.82) is 0 Å². The fourth-order valence-electron chi connectivity index (χ4n) is 8.90. The van der Waals surface area contributed by atoms with Gasteiger partial charge >= 0.3 is 13.8 Å². The second-order valence-corrected chi connectivity index (χ2v) is 24.0. The molecule has 0 aromatic heterocycles. The van der Waals surface area contributed by atoms with Crippen LogP contribution in [0, 0.1) is 0 Å². The molecule has 0 bridgehead atoms. The number of nitrogens with zero attached hydrogens (tertiary/aromatic N) is 1. The molecule has 0 spiro atoms. The molecule has 0 aromatic carbocycles. The number of rotatable bonds is 57. The predicted octanol–water partition coefficient (Wildman–Crippen LogP) is 19.8. The molecule has 3 atom stereocenters. The molecule has 0 saturated carbocycles. The number of likely N-dealkylation sites (N-methyl/N-ethyl adjacent to an activating group) is 1. The Kier molecular flexibility index (Phi) is 54.4. The Morgan fingerprint density at radius 3 is 1.27 bits per heavy atom. The standard InChI is InChI=1S/C67H121N2O7P/c1-7-10-13-16-19-22-25-28-30-31-32-33-34-35-36-37-38-39-40-41-44-47-50-53-56-59-66(70)68-64(63-75-77(72,73)74-62-61-69(4,5)6)65(58-55-52-49-46-43-27-24-21-18-15-12-9-3)76-67(71)60-57-54-51-48-45-42-29-26-23-20-17-14-11-8-2/h11,14,19-20,22-23,28-30,32-33,42,55,58,64-65H,7-10,12-13,15-18,21,24-27,31,34-41,43-54,56-57,59-63H2,1-6H3,(H-,68,70,72,73)/p+1/b14-11+,22-19-,23-20+,30-28-,33-32-,42-29+,58-55-. The highest BCUT2D eigenvalue weighted by molar-refractivity contribution is 7.47. The van der Waals surface area contributed by atoms with Gasteiger partial charge < -0.3 is 19.4 Å². The summed E-state index contributed by atoms with van der Waals surface area (Å²) >= 11 is 0. The molecule has 10 heteroatoms. The van der Waals surface area contributed by atoms with Gasteiger partial charge in [-0.15, -0.1) is 0 Å². The van der Waals surface area contributed by atoms with Crippen LogP contribution in [0.3, 0.4) is 0 Å². The Balaban J connectivity index is 5.14. The maximum Gasteiger partial charge on any atom is 0.472 e. The second kappa shape index (κ2) is 56.5. The number of allylic oxidation sites excluding steroid dienone is 13. The van der Waals surface area contributed by atoms with E-state index < -0.39 is 20.0 Å². The third-order valence-electron chi connectivity index (χ3n) is 13.8. The number of carbonyl (C=O) groups excluding carboxylic acids is 2. The Morgan fingerprint density at radius 2 is 0.831 bits per heavy atom. The number of nitrogens with one attached hydrogen (secondary N) is 1. The molecule has 0 rings (SSSR count). The Labute approximate surface area is 476 Å². The van der Waals surface area contributed by atoms with E-state index in [0.717, 1.165) is 96.3 Å². The van der Waals surface area contributed by atoms with Crippen LogP contribution in [0.2, 0.25) is 0 Å². The molecule has 1 amide bonds. The van der Waals surface area contributed by atoms with E-state index in [4.69, 9.17) is 13.8 Å². The van der Waals surface area contributed by atoms with Crippen LogP contribution in [0.1, 0.15) is 278 Å². The SMILES string of the molecule is CC/C=C/C/C=C/C/C=C/CCCCCCC(=O)OC(/C=C\CCCCCCCCCCCC)C(COP(=O)(O)OCC[N+](C)(C)C)NC(=O)CCCCCCCCCCCCCC/C=C\C/C=C\C/C=C\CCCCC. The largest absolute Gasteiger partial charge is 0.472 e. The van der Waals surface area contributed by atoms with Crippen molar-refractivity contribution in [1.82, 2.24) is 5.32 Å². The lowest BCUT2D eigenvalue weighted by Gasteiger charge is -2.27. The minimum absolute atomic E-state index is 0.0332. The molecular weight excluding hydrogens is 976 g/mol. The number of esters is 1. The highest BCUT2D eigenvalue weighted by Gasteiger charge is 2.30. The van der Waals surface area contributed by atoms with Crippen molar-refractivity contribution in [2.75, 3.05) is 40.9 Å². The van der Waals surface area contributed by atoms with Crippen molar-refractivity contribution in [3.63, 3.8) is 0 Å². The van der Waals surface area contributed by atoms with Crippen LogP contribution < -0.4 is 5.32 Å². The summed E-state index contributed by atoms with van der Waals surface area (Å²) in [5, 5.41) is 3.05. The normalized spacial score (nSPS) is 14.2. The first-order chi connectivity index (χ1) is 37.4. The second-order valence-electron chi connectivity index (χ2n) is 22.5. The minimum Gasteiger partial charge on any atom is -0.456 e. The number of phosphoric ester groups is 1. The van der Waals surface area contributed by atoms with Gasteiger partial charge in [0.1, 0.15) is 19.3 Å². The maximum absolute atomic E-state index is 13.6. The van der Waals surface area contributed by atoms with E-state index in [2.05, 4.69) is 99.0 Å². The maximum atomic E-state index is 13.6. The van der Waals surface area contributed by atoms with Crippen LogP contribution in [0.25, 0.3) is 0 Å². The minimum atomic E-state index is -4.46. The monoisotopic (exact) mass is 1100 g/mol. The van der Waals surface area contributed by atoms with Gasteiger partial charge in [-0.2, -0.15) is 0 Å². The molecule has 9 nitrogen and oxygen atoms in total. The number of ether oxygens (including phenoxy) is 1. The number of hydrogen-bond acceptors (Lipinski definition) is 6. The highest BCUT2D eigenvalue weighted by atomic mass is 31.2. The summed E-state index contributed by atoms with van der Waals surface area (Å²) in [5.41, 5.74) is 0. The van der Waals surface area contributed by atoms with Gasteiger partial charge in [-0.25, -0.2) is 4.57 Å². The summed E-state index contributed by atoms with van der Waals surface area (Å²) in [4.78, 5) is 37.7. The van der Waals surface area contributed by atoms with Gasteiger partial charge in [0.05, 0.1) is 33.8 Å². The van der Waals surface area contributed by atoms with Gasteiger partial charge in [-0.1, -0.05) is 247 Å². The molecule has 3 unspecified atom stereocenters. The average molecular weight is 1100 g/mol. The summed E-state index contributed by atoms with van der Waals surface area (Å²) in [6, 6.07) is -0.862. The number of amides is 1. The zero-order chi connectivity index (χ0) is 56.4. The number of hydrogen-bond donors (Lipinski definition) is 2. The lowest BCUT2D eigenvalue weighted by atomic mass is 10.0. The molecule has 0 heterocycles. The van der Waals surface area contributed by atoms with Crippen LogP contribution in [0.5, 0.6) is 0 Å². The zero-order valence-electron chi connectivity index (χ0n) is 50.9. The van der Waals surface area contributed by atoms with Crippen LogP contribution in [-0.2, 0) is 27.9 Å². The summed E-state index contributed by atoms with van der Waals surface area (Å²) < 4.78 is 30.7. The van der Waals surface area contributed by atoms with Gasteiger partial charge in [0.15, 0.2) is 0 Å². The molecule has 0 radical (unpaired) electrons. The van der Waals surface area contributed by atoms with Crippen molar-refractivity contribution in [2.45, 2.75) is 290 Å². The molecule has 0 aromatic rings. The lowest BCUT2D eigenvalue weighted by Crippen LogP contribution is -2.47. The molecule has 77 heavy (non-hydrogen) atoms. The van der Waals surface area contributed by atoms with Crippen molar-refractivity contribution in [3.8, 4) is 0 Å². The van der Waals surface area contributed by atoms with Gasteiger partial charge in [-0.3, -0.25) is 18.6 Å². The molecule has 0 aliphatic heterocycles. The van der Waals surface area contributed by atoms with E-state index in [-0.39, 0.29) is 31.5 Å². The number of quaternary nitrogens is 1. The first-order valence-corrected chi connectivity index (χ1v) is 33.4. The zero-order valence-corrected chi connectivity index (χ0v) is 51.8. The quantitative estimate of drug-likeness (QED) is 0.0205. The Bertz CT molecular complexity index is 1590. The fraction of sp³-hybridized carbons (Fsp3) is 0.761. The van der Waals surface area contributed by atoms with Crippen LogP contribution in [0.15, 0.2) is 85.1 Å². The third kappa shape index (κ3) is 57.7.